The molecule has 0 radical (unpaired) electrons. The Bertz CT molecular complexity index is 3600. The van der Waals surface area contributed by atoms with E-state index >= 15 is 0 Å². The van der Waals surface area contributed by atoms with Gasteiger partial charge < -0.3 is 0 Å². The number of benzene rings is 8. The minimum atomic E-state index is 0.676. The summed E-state index contributed by atoms with van der Waals surface area (Å²) >= 11 is 3.10. The molecule has 5 nitrogen and oxygen atoms in total. The fourth-order valence-electron chi connectivity index (χ4n) is 8.50. The molecule has 0 fully saturated rings. The number of pyridine rings is 1. The second kappa shape index (κ2) is 14.1. The third-order valence-electron chi connectivity index (χ3n) is 11.4. The van der Waals surface area contributed by atoms with Crippen LogP contribution in [-0.4, -0.2) is 23.7 Å². The number of hydrogen-bond donors (Lipinski definition) is 0. The van der Waals surface area contributed by atoms with Gasteiger partial charge in [-0.05, 0) is 47.0 Å². The van der Waals surface area contributed by atoms with E-state index in [-0.39, 0.29) is 0 Å². The molecule has 0 atom stereocenters. The molecule has 8 aromatic carbocycles. The molecule has 4 heterocycles. The van der Waals surface area contributed by atoms with Gasteiger partial charge in [0, 0.05) is 64.1 Å². The Balaban J connectivity index is 0.997. The van der Waals surface area contributed by atoms with E-state index in [2.05, 4.69) is 158 Å². The molecule has 7 heteroatoms. The molecule has 60 heavy (non-hydrogen) atoms. The molecular weight excluding hydrogens is 771 g/mol. The molecule has 0 bridgehead atoms. The Hall–Kier alpha value is -7.45. The predicted molar refractivity (Wildman–Crippen MR) is 251 cm³/mol. The van der Waals surface area contributed by atoms with E-state index in [1.165, 1.54) is 43.0 Å². The number of fused-ring (bicyclic) bond motifs is 8. The first-order chi connectivity index (χ1) is 29.7. The van der Waals surface area contributed by atoms with Crippen LogP contribution in [0.1, 0.15) is 0 Å². The lowest BCUT2D eigenvalue weighted by Gasteiger charge is -2.14. The van der Waals surface area contributed by atoms with Gasteiger partial charge in [-0.2, -0.15) is 8.75 Å². The van der Waals surface area contributed by atoms with Gasteiger partial charge in [-0.25, -0.2) is 15.0 Å². The summed E-state index contributed by atoms with van der Waals surface area (Å²) < 4.78 is 12.4. The summed E-state index contributed by atoms with van der Waals surface area (Å²) in [4.78, 5) is 15.6. The molecule has 0 N–H and O–H groups in total. The minimum Gasteiger partial charge on any atom is -0.247 e. The van der Waals surface area contributed by atoms with Crippen LogP contribution in [0.5, 0.6) is 0 Å². The highest BCUT2D eigenvalue weighted by molar-refractivity contribution is 7.26. The van der Waals surface area contributed by atoms with Crippen LogP contribution < -0.4 is 0 Å². The molecule has 12 rings (SSSR count). The third kappa shape index (κ3) is 5.78. The van der Waals surface area contributed by atoms with Gasteiger partial charge in [0.2, 0.25) is 0 Å². The van der Waals surface area contributed by atoms with Gasteiger partial charge in [-0.3, -0.25) is 0 Å². The van der Waals surface area contributed by atoms with E-state index < -0.39 is 0 Å². The van der Waals surface area contributed by atoms with Crippen molar-refractivity contribution < 1.29 is 0 Å². The highest BCUT2D eigenvalue weighted by Gasteiger charge is 2.20. The Morgan fingerprint density at radius 2 is 1.00 bits per heavy atom. The van der Waals surface area contributed by atoms with Crippen molar-refractivity contribution in [3.63, 3.8) is 0 Å². The first-order valence-electron chi connectivity index (χ1n) is 19.8. The summed E-state index contributed by atoms with van der Waals surface area (Å²) in [5.41, 5.74) is 13.8. The molecule has 280 valence electrons. The van der Waals surface area contributed by atoms with Gasteiger partial charge >= 0.3 is 0 Å². The maximum Gasteiger partial charge on any atom is 0.160 e. The van der Waals surface area contributed by atoms with Crippen LogP contribution in [0.25, 0.3) is 120 Å². The van der Waals surface area contributed by atoms with E-state index in [4.69, 9.17) is 23.7 Å². The third-order valence-corrected chi connectivity index (χ3v) is 13.1. The van der Waals surface area contributed by atoms with Crippen molar-refractivity contribution in [1.29, 1.82) is 0 Å². The van der Waals surface area contributed by atoms with E-state index in [1.54, 1.807) is 0 Å². The molecular formula is C53H31N5S2. The van der Waals surface area contributed by atoms with Crippen molar-refractivity contribution in [2.24, 2.45) is 0 Å². The maximum atomic E-state index is 5.23. The Morgan fingerprint density at radius 3 is 1.83 bits per heavy atom. The molecule has 0 saturated heterocycles. The van der Waals surface area contributed by atoms with Crippen LogP contribution in [0, 0.1) is 0 Å². The Kier molecular flexibility index (Phi) is 8.14. The quantitative estimate of drug-likeness (QED) is 0.157. The number of hydrogen-bond acceptors (Lipinski definition) is 7. The zero-order valence-electron chi connectivity index (χ0n) is 32.0. The number of rotatable bonds is 6. The van der Waals surface area contributed by atoms with E-state index in [9.17, 15) is 0 Å². The Morgan fingerprint density at radius 1 is 0.367 bits per heavy atom. The highest BCUT2D eigenvalue weighted by Crippen LogP contribution is 2.43. The van der Waals surface area contributed by atoms with Crippen molar-refractivity contribution in [3.8, 4) is 67.4 Å². The van der Waals surface area contributed by atoms with Crippen LogP contribution in [-0.2, 0) is 0 Å². The SMILES string of the molecule is c1ccc(-c2nc(-c3ccc(-c4cccc5c4sc4ccccc45)cc3)cc(-c3cccc(-c4cc5c(-c6ccccc6)nc6ccccc6c5c5nsnc45)c3)n2)cc1. The average molecular weight is 802 g/mol. The number of aromatic nitrogens is 5. The molecule has 0 aliphatic rings. The topological polar surface area (TPSA) is 64.5 Å². The van der Waals surface area contributed by atoms with Gasteiger partial charge in [0.15, 0.2) is 5.82 Å². The number of nitrogens with zero attached hydrogens (tertiary/aromatic N) is 5. The molecule has 4 aromatic heterocycles. The second-order valence-corrected chi connectivity index (χ2v) is 16.5. The zero-order chi connectivity index (χ0) is 39.6. The summed E-state index contributed by atoms with van der Waals surface area (Å²) in [5.74, 6) is 0.676. The first-order valence-corrected chi connectivity index (χ1v) is 21.4. The predicted octanol–water partition coefficient (Wildman–Crippen LogP) is 14.6. The molecule has 0 spiro atoms. The van der Waals surface area contributed by atoms with E-state index in [1.807, 2.05) is 41.7 Å². The number of para-hydroxylation sites is 1. The van der Waals surface area contributed by atoms with Crippen molar-refractivity contribution in [2.45, 2.75) is 0 Å². The lowest BCUT2D eigenvalue weighted by Crippen LogP contribution is -1.96. The molecule has 0 aliphatic heterocycles. The molecule has 12 aromatic rings. The Labute approximate surface area is 353 Å². The molecule has 0 amide bonds. The van der Waals surface area contributed by atoms with Gasteiger partial charge in [-0.15, -0.1) is 11.3 Å². The highest BCUT2D eigenvalue weighted by atomic mass is 32.1. The normalized spacial score (nSPS) is 11.7. The van der Waals surface area contributed by atoms with Crippen LogP contribution in [0.2, 0.25) is 0 Å². The summed E-state index contributed by atoms with van der Waals surface area (Å²) in [6.45, 7) is 0. The summed E-state index contributed by atoms with van der Waals surface area (Å²) in [6, 6.07) is 66.0. The van der Waals surface area contributed by atoms with Crippen molar-refractivity contribution in [2.75, 3.05) is 0 Å². The van der Waals surface area contributed by atoms with Crippen LogP contribution in [0.15, 0.2) is 188 Å². The van der Waals surface area contributed by atoms with Gasteiger partial charge in [0.25, 0.3) is 0 Å². The van der Waals surface area contributed by atoms with Crippen molar-refractivity contribution in [3.05, 3.63) is 188 Å². The fraction of sp³-hybridized carbons (Fsp3) is 0. The fourth-order valence-corrected chi connectivity index (χ4v) is 10.3. The second-order valence-electron chi connectivity index (χ2n) is 14.9. The lowest BCUT2D eigenvalue weighted by molar-refractivity contribution is 1.18. The zero-order valence-corrected chi connectivity index (χ0v) is 33.6. The smallest absolute Gasteiger partial charge is 0.160 e. The van der Waals surface area contributed by atoms with Crippen LogP contribution in [0.3, 0.4) is 0 Å². The summed E-state index contributed by atoms with van der Waals surface area (Å²) in [5, 5.41) is 5.78. The standard InChI is InChI=1S/C53H31N5S2/c1-3-13-34(14-4-1)49-43-30-42(50-51(58-60-57-50)48(43)41-20-7-9-23-44(41)54-49)36-17-11-18-37(29-36)46-31-45(55-53(56-46)35-15-5-2-6-16-35)33-27-25-32(26-28-33)38-21-12-22-40-39-19-8-10-24-47(39)59-52(38)40/h1-31H. The lowest BCUT2D eigenvalue weighted by atomic mass is 9.93. The van der Waals surface area contributed by atoms with Crippen LogP contribution in [0.4, 0.5) is 0 Å². The van der Waals surface area contributed by atoms with Gasteiger partial charge in [-0.1, -0.05) is 158 Å². The van der Waals surface area contributed by atoms with E-state index in [0.29, 0.717) is 5.82 Å². The summed E-state index contributed by atoms with van der Waals surface area (Å²) in [7, 11) is 0. The van der Waals surface area contributed by atoms with E-state index in [0.717, 1.165) is 83.2 Å². The van der Waals surface area contributed by atoms with Crippen molar-refractivity contribution >= 4 is 75.9 Å². The molecule has 0 saturated carbocycles. The summed E-state index contributed by atoms with van der Waals surface area (Å²) in [6.07, 6.45) is 0. The minimum absolute atomic E-state index is 0.676. The van der Waals surface area contributed by atoms with Crippen LogP contribution >= 0.6 is 23.1 Å². The van der Waals surface area contributed by atoms with Gasteiger partial charge in [0.1, 0.15) is 11.0 Å². The first kappa shape index (κ1) is 34.6. The monoisotopic (exact) mass is 801 g/mol. The van der Waals surface area contributed by atoms with Gasteiger partial charge in [0.05, 0.1) is 34.3 Å². The molecule has 0 unspecified atom stereocenters. The largest absolute Gasteiger partial charge is 0.247 e. The number of thiophene rings is 1. The molecule has 0 aliphatic carbocycles. The van der Waals surface area contributed by atoms with Crippen molar-refractivity contribution in [1.82, 2.24) is 23.7 Å². The average Bonchev–Trinajstić information content (AvgIpc) is 3.97. The maximum absolute atomic E-state index is 5.23.